The van der Waals surface area contributed by atoms with E-state index in [0.29, 0.717) is 16.3 Å². The number of rotatable bonds is 7. The molecule has 0 radical (unpaired) electrons. The molecule has 1 aromatic carbocycles. The maximum absolute atomic E-state index is 11.8. The predicted molar refractivity (Wildman–Crippen MR) is 88.3 cm³/mol. The lowest BCUT2D eigenvalue weighted by Gasteiger charge is -2.05. The van der Waals surface area contributed by atoms with Crippen molar-refractivity contribution in [3.63, 3.8) is 0 Å². The Balaban J connectivity index is 1.80. The predicted octanol–water partition coefficient (Wildman–Crippen LogP) is 1.38. The molecule has 3 N–H and O–H groups in total. The third kappa shape index (κ3) is 5.51. The summed E-state index contributed by atoms with van der Waals surface area (Å²) >= 11 is 5.94. The molecule has 7 nitrogen and oxygen atoms in total. The SMILES string of the molecule is O=C(NCCNS(=O)(=O)/C=C/c1ccccc1Cl)c1ccn[nH]1. The molecule has 1 aromatic heterocycles. The van der Waals surface area contributed by atoms with Gasteiger partial charge in [0.05, 0.1) is 0 Å². The number of H-pyrrole nitrogens is 1. The summed E-state index contributed by atoms with van der Waals surface area (Å²) in [6, 6.07) is 8.42. The summed E-state index contributed by atoms with van der Waals surface area (Å²) in [4.78, 5) is 11.6. The largest absolute Gasteiger partial charge is 0.349 e. The number of aromatic amines is 1. The number of carbonyl (C=O) groups excluding carboxylic acids is 1. The Kier molecular flexibility index (Phi) is 5.91. The molecule has 1 amide bonds. The van der Waals surface area contributed by atoms with Crippen molar-refractivity contribution in [3.8, 4) is 0 Å². The molecule has 0 bridgehead atoms. The monoisotopic (exact) mass is 354 g/mol. The zero-order valence-electron chi connectivity index (χ0n) is 12.0. The molecule has 2 rings (SSSR count). The minimum Gasteiger partial charge on any atom is -0.349 e. The van der Waals surface area contributed by atoms with E-state index in [1.807, 2.05) is 0 Å². The molecule has 0 spiro atoms. The van der Waals surface area contributed by atoms with E-state index in [2.05, 4.69) is 20.2 Å². The second-order valence-corrected chi connectivity index (χ2v) is 6.55. The lowest BCUT2D eigenvalue weighted by atomic mass is 10.2. The topological polar surface area (TPSA) is 104 Å². The Morgan fingerprint density at radius 2 is 2.04 bits per heavy atom. The molecule has 0 aliphatic heterocycles. The van der Waals surface area contributed by atoms with E-state index in [4.69, 9.17) is 11.6 Å². The average molecular weight is 355 g/mol. The van der Waals surface area contributed by atoms with Crippen LogP contribution < -0.4 is 10.0 Å². The summed E-state index contributed by atoms with van der Waals surface area (Å²) in [6.07, 6.45) is 2.87. The van der Waals surface area contributed by atoms with E-state index in [-0.39, 0.29) is 19.0 Å². The first-order valence-corrected chi connectivity index (χ1v) is 8.60. The first kappa shape index (κ1) is 17.2. The van der Waals surface area contributed by atoms with Gasteiger partial charge >= 0.3 is 0 Å². The molecule has 122 valence electrons. The molecule has 0 aliphatic rings. The highest BCUT2D eigenvalue weighted by atomic mass is 35.5. The average Bonchev–Trinajstić information content (AvgIpc) is 3.05. The molecule has 0 fully saturated rings. The summed E-state index contributed by atoms with van der Waals surface area (Å²) in [7, 11) is -3.61. The van der Waals surface area contributed by atoms with Crippen LogP contribution in [0.2, 0.25) is 5.02 Å². The first-order chi connectivity index (χ1) is 11.0. The van der Waals surface area contributed by atoms with Crippen molar-refractivity contribution < 1.29 is 13.2 Å². The van der Waals surface area contributed by atoms with Crippen LogP contribution in [-0.4, -0.2) is 37.6 Å². The van der Waals surface area contributed by atoms with Crippen LogP contribution in [-0.2, 0) is 10.0 Å². The van der Waals surface area contributed by atoms with Crippen LogP contribution in [0.1, 0.15) is 16.1 Å². The van der Waals surface area contributed by atoms with E-state index >= 15 is 0 Å². The Morgan fingerprint density at radius 1 is 1.26 bits per heavy atom. The minimum atomic E-state index is -3.61. The van der Waals surface area contributed by atoms with E-state index in [1.165, 1.54) is 18.3 Å². The fourth-order valence-electron chi connectivity index (χ4n) is 1.67. The molecule has 1 heterocycles. The highest BCUT2D eigenvalue weighted by Crippen LogP contribution is 2.16. The maximum Gasteiger partial charge on any atom is 0.269 e. The molecule has 9 heteroatoms. The normalized spacial score (nSPS) is 11.7. The zero-order valence-corrected chi connectivity index (χ0v) is 13.6. The third-order valence-corrected chi connectivity index (χ3v) is 4.24. The van der Waals surface area contributed by atoms with Gasteiger partial charge in [0.2, 0.25) is 10.0 Å². The van der Waals surface area contributed by atoms with Gasteiger partial charge in [-0.1, -0.05) is 29.8 Å². The number of sulfonamides is 1. The van der Waals surface area contributed by atoms with Crippen LogP contribution in [0.15, 0.2) is 41.9 Å². The van der Waals surface area contributed by atoms with Crippen molar-refractivity contribution in [3.05, 3.63) is 58.2 Å². The van der Waals surface area contributed by atoms with Gasteiger partial charge in [-0.25, -0.2) is 13.1 Å². The van der Waals surface area contributed by atoms with Crippen molar-refractivity contribution in [1.82, 2.24) is 20.2 Å². The summed E-state index contributed by atoms with van der Waals surface area (Å²) in [5, 5.41) is 10.2. The second kappa shape index (κ2) is 7.91. The molecule has 23 heavy (non-hydrogen) atoms. The van der Waals surface area contributed by atoms with Crippen molar-refractivity contribution in [2.75, 3.05) is 13.1 Å². The van der Waals surface area contributed by atoms with Gasteiger partial charge in [0.25, 0.3) is 5.91 Å². The van der Waals surface area contributed by atoms with Crippen LogP contribution in [0, 0.1) is 0 Å². The van der Waals surface area contributed by atoms with Crippen molar-refractivity contribution >= 4 is 33.6 Å². The van der Waals surface area contributed by atoms with E-state index in [0.717, 1.165) is 5.41 Å². The van der Waals surface area contributed by atoms with Crippen molar-refractivity contribution in [1.29, 1.82) is 0 Å². The quantitative estimate of drug-likeness (QED) is 0.653. The number of nitrogens with one attached hydrogen (secondary N) is 3. The molecule has 2 aromatic rings. The smallest absolute Gasteiger partial charge is 0.269 e. The number of benzene rings is 1. The molecule has 0 unspecified atom stereocenters. The highest BCUT2D eigenvalue weighted by molar-refractivity contribution is 7.92. The van der Waals surface area contributed by atoms with Gasteiger partial charge in [-0.2, -0.15) is 5.10 Å². The van der Waals surface area contributed by atoms with Gasteiger partial charge in [0.15, 0.2) is 0 Å². The lowest BCUT2D eigenvalue weighted by Crippen LogP contribution is -2.34. The Bertz CT molecular complexity index is 788. The van der Waals surface area contributed by atoms with Gasteiger partial charge in [-0.15, -0.1) is 0 Å². The van der Waals surface area contributed by atoms with E-state index < -0.39 is 10.0 Å². The molecule has 0 aliphatic carbocycles. The van der Waals surface area contributed by atoms with Crippen molar-refractivity contribution in [2.24, 2.45) is 0 Å². The standard InChI is InChI=1S/C14H15ClN4O3S/c15-12-4-2-1-3-11(12)6-10-23(21,22)18-9-8-16-14(20)13-5-7-17-19-13/h1-7,10,18H,8-9H2,(H,16,20)(H,17,19)/b10-6+. The second-order valence-electron chi connectivity index (χ2n) is 4.49. The lowest BCUT2D eigenvalue weighted by molar-refractivity contribution is 0.0949. The minimum absolute atomic E-state index is 0.0646. The summed E-state index contributed by atoms with van der Waals surface area (Å²) in [6.45, 7) is 0.214. The number of amides is 1. The number of hydrogen-bond donors (Lipinski definition) is 3. The zero-order chi connectivity index (χ0) is 16.7. The van der Waals surface area contributed by atoms with Gasteiger partial charge in [-0.05, 0) is 23.8 Å². The summed E-state index contributed by atoms with van der Waals surface area (Å²) in [5.41, 5.74) is 0.915. The molecule has 0 atom stereocenters. The van der Waals surface area contributed by atoms with Gasteiger partial charge in [0, 0.05) is 29.7 Å². The van der Waals surface area contributed by atoms with Gasteiger partial charge in [-0.3, -0.25) is 9.89 Å². The Morgan fingerprint density at radius 3 is 2.74 bits per heavy atom. The maximum atomic E-state index is 11.8. The number of carbonyl (C=O) groups is 1. The van der Waals surface area contributed by atoms with Crippen molar-refractivity contribution in [2.45, 2.75) is 0 Å². The van der Waals surface area contributed by atoms with Crippen LogP contribution in [0.4, 0.5) is 0 Å². The number of nitrogens with zero attached hydrogens (tertiary/aromatic N) is 1. The fourth-order valence-corrected chi connectivity index (χ4v) is 2.68. The van der Waals surface area contributed by atoms with Gasteiger partial charge in [0.1, 0.15) is 5.69 Å². The summed E-state index contributed by atoms with van der Waals surface area (Å²) in [5.74, 6) is -0.353. The van der Waals surface area contributed by atoms with Gasteiger partial charge < -0.3 is 5.32 Å². The third-order valence-electron chi connectivity index (χ3n) is 2.79. The molecular formula is C14H15ClN4O3S. The first-order valence-electron chi connectivity index (χ1n) is 6.68. The number of aromatic nitrogens is 2. The van der Waals surface area contributed by atoms with E-state index in [9.17, 15) is 13.2 Å². The Hall–Kier alpha value is -2.16. The number of hydrogen-bond acceptors (Lipinski definition) is 4. The molecular weight excluding hydrogens is 340 g/mol. The van der Waals surface area contributed by atoms with Crippen LogP contribution in [0.25, 0.3) is 6.08 Å². The summed E-state index contributed by atoms with van der Waals surface area (Å²) < 4.78 is 26.0. The van der Waals surface area contributed by atoms with Crippen LogP contribution in [0.5, 0.6) is 0 Å². The van der Waals surface area contributed by atoms with Crippen LogP contribution in [0.3, 0.4) is 0 Å². The van der Waals surface area contributed by atoms with Crippen LogP contribution >= 0.6 is 11.6 Å². The molecule has 0 saturated heterocycles. The highest BCUT2D eigenvalue weighted by Gasteiger charge is 2.07. The molecule has 0 saturated carbocycles. The number of halogens is 1. The Labute approximate surface area is 138 Å². The van der Waals surface area contributed by atoms with E-state index in [1.54, 1.807) is 24.3 Å². The fraction of sp³-hybridized carbons (Fsp3) is 0.143.